The lowest BCUT2D eigenvalue weighted by atomic mass is 10.1. The number of furan rings is 1. The van der Waals surface area contributed by atoms with Crippen LogP contribution in [0.2, 0.25) is 0 Å². The Kier molecular flexibility index (Phi) is 2.64. The van der Waals surface area contributed by atoms with E-state index in [-0.39, 0.29) is 6.10 Å². The molecule has 0 amide bonds. The molecule has 0 radical (unpaired) electrons. The fraction of sp³-hybridized carbons (Fsp3) is 0.333. The van der Waals surface area contributed by atoms with Gasteiger partial charge in [-0.05, 0) is 26.0 Å². The minimum atomic E-state index is 0.208. The molecular formula is C12H15NO2. The number of hydrogen-bond acceptors (Lipinski definition) is 3. The highest BCUT2D eigenvalue weighted by Gasteiger charge is 2.09. The highest BCUT2D eigenvalue weighted by Crippen LogP contribution is 2.27. The molecule has 0 saturated carbocycles. The van der Waals surface area contributed by atoms with Crippen molar-refractivity contribution in [2.75, 3.05) is 5.73 Å². The van der Waals surface area contributed by atoms with Crippen LogP contribution >= 0.6 is 0 Å². The summed E-state index contributed by atoms with van der Waals surface area (Å²) in [5.74, 6) is 0. The molecular weight excluding hydrogens is 190 g/mol. The molecule has 80 valence electrons. The summed E-state index contributed by atoms with van der Waals surface area (Å²) in [6.07, 6.45) is 1.92. The van der Waals surface area contributed by atoms with Gasteiger partial charge in [-0.2, -0.15) is 0 Å². The third kappa shape index (κ3) is 1.97. The predicted molar refractivity (Wildman–Crippen MR) is 60.6 cm³/mol. The van der Waals surface area contributed by atoms with Gasteiger partial charge < -0.3 is 14.9 Å². The third-order valence-corrected chi connectivity index (χ3v) is 2.28. The first kappa shape index (κ1) is 10.1. The molecule has 0 spiro atoms. The zero-order valence-electron chi connectivity index (χ0n) is 8.99. The Balaban J connectivity index is 2.35. The normalized spacial score (nSPS) is 11.4. The topological polar surface area (TPSA) is 48.4 Å². The quantitative estimate of drug-likeness (QED) is 0.784. The maximum absolute atomic E-state index is 5.89. The molecule has 0 aliphatic rings. The maximum atomic E-state index is 5.89. The Morgan fingerprint density at radius 2 is 2.20 bits per heavy atom. The second-order valence-corrected chi connectivity index (χ2v) is 3.84. The fourth-order valence-electron chi connectivity index (χ4n) is 1.55. The van der Waals surface area contributed by atoms with E-state index >= 15 is 0 Å². The summed E-state index contributed by atoms with van der Waals surface area (Å²) in [6.45, 7) is 4.55. The van der Waals surface area contributed by atoms with Crippen LogP contribution in [0.3, 0.4) is 0 Å². The summed E-state index contributed by atoms with van der Waals surface area (Å²) in [4.78, 5) is 0. The van der Waals surface area contributed by atoms with Crippen LogP contribution < -0.4 is 5.73 Å². The zero-order chi connectivity index (χ0) is 10.8. The summed E-state index contributed by atoms with van der Waals surface area (Å²) < 4.78 is 10.9. The second-order valence-electron chi connectivity index (χ2n) is 3.84. The summed E-state index contributed by atoms with van der Waals surface area (Å²) >= 11 is 0. The van der Waals surface area contributed by atoms with E-state index in [0.717, 1.165) is 22.2 Å². The summed E-state index contributed by atoms with van der Waals surface area (Å²) in [5.41, 5.74) is 8.46. The van der Waals surface area contributed by atoms with Crippen LogP contribution in [-0.4, -0.2) is 6.10 Å². The molecule has 3 nitrogen and oxygen atoms in total. The molecule has 0 unspecified atom stereocenters. The molecule has 2 rings (SSSR count). The van der Waals surface area contributed by atoms with E-state index in [0.29, 0.717) is 6.61 Å². The number of rotatable bonds is 3. The molecule has 0 saturated heterocycles. The number of nitrogen functional groups attached to an aromatic ring is 1. The Morgan fingerprint density at radius 1 is 1.40 bits per heavy atom. The molecule has 0 aliphatic heterocycles. The van der Waals surface area contributed by atoms with Gasteiger partial charge in [0.25, 0.3) is 0 Å². The molecule has 1 aromatic carbocycles. The lowest BCUT2D eigenvalue weighted by molar-refractivity contribution is 0.0660. The number of ether oxygens (including phenoxy) is 1. The Labute approximate surface area is 88.8 Å². The summed E-state index contributed by atoms with van der Waals surface area (Å²) in [6, 6.07) is 5.66. The van der Waals surface area contributed by atoms with Crippen molar-refractivity contribution in [3.8, 4) is 0 Å². The Hall–Kier alpha value is -1.48. The van der Waals surface area contributed by atoms with Crippen LogP contribution in [0.15, 0.2) is 28.9 Å². The smallest absolute Gasteiger partial charge is 0.136 e. The van der Waals surface area contributed by atoms with Gasteiger partial charge >= 0.3 is 0 Å². The van der Waals surface area contributed by atoms with Gasteiger partial charge in [-0.25, -0.2) is 0 Å². The van der Waals surface area contributed by atoms with Crippen molar-refractivity contribution in [2.24, 2.45) is 0 Å². The lowest BCUT2D eigenvalue weighted by Gasteiger charge is -2.06. The number of nitrogens with two attached hydrogens (primary N) is 1. The van der Waals surface area contributed by atoms with Crippen LogP contribution in [0.5, 0.6) is 0 Å². The number of fused-ring (bicyclic) bond motifs is 1. The third-order valence-electron chi connectivity index (χ3n) is 2.28. The van der Waals surface area contributed by atoms with Crippen molar-refractivity contribution < 1.29 is 9.15 Å². The number of anilines is 1. The Morgan fingerprint density at radius 3 is 2.93 bits per heavy atom. The lowest BCUT2D eigenvalue weighted by Crippen LogP contribution is -2.02. The first-order valence-electron chi connectivity index (χ1n) is 5.04. The average Bonchev–Trinajstić information content (AvgIpc) is 2.59. The molecule has 15 heavy (non-hydrogen) atoms. The van der Waals surface area contributed by atoms with Crippen LogP contribution in [0, 0.1) is 0 Å². The van der Waals surface area contributed by atoms with Gasteiger partial charge in [0.15, 0.2) is 0 Å². The number of benzene rings is 1. The van der Waals surface area contributed by atoms with Gasteiger partial charge in [0.05, 0.1) is 19.0 Å². The molecule has 0 aliphatic carbocycles. The van der Waals surface area contributed by atoms with Crippen molar-refractivity contribution in [3.05, 3.63) is 30.0 Å². The zero-order valence-corrected chi connectivity index (χ0v) is 8.99. The van der Waals surface area contributed by atoms with Crippen molar-refractivity contribution >= 4 is 16.7 Å². The van der Waals surface area contributed by atoms with Crippen molar-refractivity contribution in [1.82, 2.24) is 0 Å². The SMILES string of the molecule is CC(C)OCc1coc2cccc(N)c12. The fourth-order valence-corrected chi connectivity index (χ4v) is 1.55. The van der Waals surface area contributed by atoms with Crippen LogP contribution in [-0.2, 0) is 11.3 Å². The molecule has 1 heterocycles. The van der Waals surface area contributed by atoms with E-state index in [4.69, 9.17) is 14.9 Å². The summed E-state index contributed by atoms with van der Waals surface area (Å²) in [7, 11) is 0. The van der Waals surface area contributed by atoms with Gasteiger partial charge in [-0.15, -0.1) is 0 Å². The molecule has 3 heteroatoms. The molecule has 2 aromatic rings. The van der Waals surface area contributed by atoms with E-state index in [1.54, 1.807) is 6.26 Å². The first-order valence-corrected chi connectivity index (χ1v) is 5.04. The minimum Gasteiger partial charge on any atom is -0.464 e. The second kappa shape index (κ2) is 3.95. The molecule has 0 atom stereocenters. The van der Waals surface area contributed by atoms with E-state index in [1.165, 1.54) is 0 Å². The van der Waals surface area contributed by atoms with E-state index in [9.17, 15) is 0 Å². The van der Waals surface area contributed by atoms with Crippen molar-refractivity contribution in [2.45, 2.75) is 26.6 Å². The van der Waals surface area contributed by atoms with Gasteiger partial charge in [0, 0.05) is 16.6 Å². The van der Waals surface area contributed by atoms with Crippen molar-refractivity contribution in [1.29, 1.82) is 0 Å². The molecule has 2 N–H and O–H groups in total. The molecule has 0 bridgehead atoms. The monoisotopic (exact) mass is 205 g/mol. The van der Waals surface area contributed by atoms with Crippen LogP contribution in [0.4, 0.5) is 5.69 Å². The van der Waals surface area contributed by atoms with E-state index in [2.05, 4.69) is 0 Å². The highest BCUT2D eigenvalue weighted by atomic mass is 16.5. The minimum absolute atomic E-state index is 0.208. The number of hydrogen-bond donors (Lipinski definition) is 1. The van der Waals surface area contributed by atoms with Gasteiger partial charge in [-0.1, -0.05) is 6.07 Å². The van der Waals surface area contributed by atoms with Gasteiger partial charge in [-0.3, -0.25) is 0 Å². The maximum Gasteiger partial charge on any atom is 0.136 e. The van der Waals surface area contributed by atoms with Crippen LogP contribution in [0.1, 0.15) is 19.4 Å². The average molecular weight is 205 g/mol. The summed E-state index contributed by atoms with van der Waals surface area (Å²) in [5, 5.41) is 0.971. The predicted octanol–water partition coefficient (Wildman–Crippen LogP) is 2.94. The largest absolute Gasteiger partial charge is 0.464 e. The molecule has 1 aromatic heterocycles. The van der Waals surface area contributed by atoms with Gasteiger partial charge in [0.1, 0.15) is 5.58 Å². The van der Waals surface area contributed by atoms with Gasteiger partial charge in [0.2, 0.25) is 0 Å². The van der Waals surface area contributed by atoms with E-state index < -0.39 is 0 Å². The first-order chi connectivity index (χ1) is 7.18. The van der Waals surface area contributed by atoms with E-state index in [1.807, 2.05) is 32.0 Å². The standard InChI is InChI=1S/C12H15NO2/c1-8(2)14-6-9-7-15-11-5-3-4-10(13)12(9)11/h3-5,7-8H,6,13H2,1-2H3. The Bertz CT molecular complexity index is 460. The molecule has 0 fully saturated rings. The van der Waals surface area contributed by atoms with Crippen molar-refractivity contribution in [3.63, 3.8) is 0 Å². The highest BCUT2D eigenvalue weighted by molar-refractivity contribution is 5.92. The van der Waals surface area contributed by atoms with Crippen LogP contribution in [0.25, 0.3) is 11.0 Å².